The summed E-state index contributed by atoms with van der Waals surface area (Å²) in [5, 5.41) is 3.23. The summed E-state index contributed by atoms with van der Waals surface area (Å²) in [5.74, 6) is 1.01. The van der Waals surface area contributed by atoms with E-state index in [1.54, 1.807) is 6.26 Å². The molecule has 0 saturated heterocycles. The third-order valence-electron chi connectivity index (χ3n) is 1.68. The summed E-state index contributed by atoms with van der Waals surface area (Å²) >= 11 is 0. The highest BCUT2D eigenvalue weighted by atomic mass is 16.3. The molecule has 0 spiro atoms. The molecule has 1 heterocycles. The van der Waals surface area contributed by atoms with Crippen LogP contribution in [0.3, 0.4) is 0 Å². The second kappa shape index (κ2) is 4.12. The predicted molar refractivity (Wildman–Crippen MR) is 50.0 cm³/mol. The minimum atomic E-state index is 0.783. The monoisotopic (exact) mass is 165 g/mol. The van der Waals surface area contributed by atoms with E-state index in [0.717, 1.165) is 24.4 Å². The summed E-state index contributed by atoms with van der Waals surface area (Å²) in [6.07, 6.45) is 1.72. The molecule has 1 aromatic rings. The zero-order valence-electron chi connectivity index (χ0n) is 7.68. The van der Waals surface area contributed by atoms with Crippen LogP contribution < -0.4 is 5.32 Å². The normalized spacial score (nSPS) is 10.2. The molecule has 2 nitrogen and oxygen atoms in total. The summed E-state index contributed by atoms with van der Waals surface area (Å²) in [6, 6.07) is 1.97. The van der Waals surface area contributed by atoms with Gasteiger partial charge >= 0.3 is 0 Å². The van der Waals surface area contributed by atoms with Crippen LogP contribution in [0.2, 0.25) is 0 Å². The highest BCUT2D eigenvalue weighted by Crippen LogP contribution is 2.07. The molecule has 0 unspecified atom stereocenters. The Morgan fingerprint density at radius 3 is 2.92 bits per heavy atom. The van der Waals surface area contributed by atoms with Gasteiger partial charge in [0.2, 0.25) is 0 Å². The van der Waals surface area contributed by atoms with Crippen molar-refractivity contribution in [2.75, 3.05) is 6.54 Å². The van der Waals surface area contributed by atoms with Crippen LogP contribution in [0, 0.1) is 6.92 Å². The van der Waals surface area contributed by atoms with E-state index < -0.39 is 0 Å². The van der Waals surface area contributed by atoms with Crippen LogP contribution in [0.5, 0.6) is 0 Å². The van der Waals surface area contributed by atoms with Gasteiger partial charge in [-0.2, -0.15) is 0 Å². The fourth-order valence-corrected chi connectivity index (χ4v) is 0.975. The first-order valence-corrected chi connectivity index (χ1v) is 4.08. The van der Waals surface area contributed by atoms with Crippen molar-refractivity contribution < 1.29 is 4.42 Å². The highest BCUT2D eigenvalue weighted by Gasteiger charge is 1.99. The van der Waals surface area contributed by atoms with Crippen molar-refractivity contribution in [1.82, 2.24) is 5.32 Å². The van der Waals surface area contributed by atoms with Crippen LogP contribution in [-0.4, -0.2) is 6.54 Å². The van der Waals surface area contributed by atoms with E-state index in [1.807, 2.05) is 19.9 Å². The van der Waals surface area contributed by atoms with E-state index in [-0.39, 0.29) is 0 Å². The summed E-state index contributed by atoms with van der Waals surface area (Å²) in [6.45, 7) is 9.48. The van der Waals surface area contributed by atoms with E-state index in [9.17, 15) is 0 Å². The van der Waals surface area contributed by atoms with Gasteiger partial charge in [-0.15, -0.1) is 0 Å². The average Bonchev–Trinajstić information content (AvgIpc) is 2.36. The van der Waals surface area contributed by atoms with Crippen LogP contribution in [0.4, 0.5) is 0 Å². The van der Waals surface area contributed by atoms with Gasteiger partial charge in [0.05, 0.1) is 12.8 Å². The van der Waals surface area contributed by atoms with Gasteiger partial charge in [-0.3, -0.25) is 0 Å². The molecule has 0 aliphatic rings. The maximum absolute atomic E-state index is 5.25. The predicted octanol–water partition coefficient (Wildman–Crippen LogP) is 2.25. The number of nitrogens with one attached hydrogen (secondary N) is 1. The maximum Gasteiger partial charge on any atom is 0.120 e. The summed E-state index contributed by atoms with van der Waals surface area (Å²) < 4.78 is 5.25. The SMILES string of the molecule is C=C(C)CNCc1occc1C. The summed E-state index contributed by atoms with van der Waals surface area (Å²) in [7, 11) is 0. The summed E-state index contributed by atoms with van der Waals surface area (Å²) in [4.78, 5) is 0. The minimum Gasteiger partial charge on any atom is -0.468 e. The number of hydrogen-bond acceptors (Lipinski definition) is 2. The molecule has 0 radical (unpaired) electrons. The standard InChI is InChI=1S/C10H15NO/c1-8(2)6-11-7-10-9(3)4-5-12-10/h4-5,11H,1,6-7H2,2-3H3. The zero-order chi connectivity index (χ0) is 8.97. The molecular weight excluding hydrogens is 150 g/mol. The molecule has 2 heteroatoms. The first kappa shape index (κ1) is 9.07. The van der Waals surface area contributed by atoms with Crippen LogP contribution in [-0.2, 0) is 6.54 Å². The van der Waals surface area contributed by atoms with Gasteiger partial charge in [-0.1, -0.05) is 12.2 Å². The molecule has 0 aromatic carbocycles. The molecule has 1 N–H and O–H groups in total. The second-order valence-electron chi connectivity index (χ2n) is 3.09. The third-order valence-corrected chi connectivity index (χ3v) is 1.68. The van der Waals surface area contributed by atoms with Crippen LogP contribution in [0.25, 0.3) is 0 Å². The first-order chi connectivity index (χ1) is 5.70. The molecule has 1 aromatic heterocycles. The van der Waals surface area contributed by atoms with Crippen molar-refractivity contribution in [3.8, 4) is 0 Å². The molecule has 66 valence electrons. The minimum absolute atomic E-state index is 0.783. The lowest BCUT2D eigenvalue weighted by Crippen LogP contribution is -2.15. The number of furan rings is 1. The van der Waals surface area contributed by atoms with Crippen molar-refractivity contribution in [3.63, 3.8) is 0 Å². The first-order valence-electron chi connectivity index (χ1n) is 4.08. The summed E-state index contributed by atoms with van der Waals surface area (Å²) in [5.41, 5.74) is 2.34. The van der Waals surface area contributed by atoms with Gasteiger partial charge in [-0.05, 0) is 25.5 Å². The lowest BCUT2D eigenvalue weighted by atomic mass is 10.3. The van der Waals surface area contributed by atoms with Gasteiger partial charge in [0.25, 0.3) is 0 Å². The van der Waals surface area contributed by atoms with Gasteiger partial charge in [0.15, 0.2) is 0 Å². The highest BCUT2D eigenvalue weighted by molar-refractivity contribution is 5.14. The van der Waals surface area contributed by atoms with Crippen molar-refractivity contribution in [3.05, 3.63) is 35.8 Å². The van der Waals surface area contributed by atoms with Gasteiger partial charge in [0, 0.05) is 6.54 Å². The Morgan fingerprint density at radius 2 is 2.42 bits per heavy atom. The largest absolute Gasteiger partial charge is 0.468 e. The van der Waals surface area contributed by atoms with Gasteiger partial charge in [0.1, 0.15) is 5.76 Å². The molecular formula is C10H15NO. The lowest BCUT2D eigenvalue weighted by Gasteiger charge is -2.01. The van der Waals surface area contributed by atoms with Gasteiger partial charge in [-0.25, -0.2) is 0 Å². The van der Waals surface area contributed by atoms with E-state index in [4.69, 9.17) is 4.42 Å². The Morgan fingerprint density at radius 1 is 1.67 bits per heavy atom. The molecule has 0 aliphatic carbocycles. The maximum atomic E-state index is 5.25. The quantitative estimate of drug-likeness (QED) is 0.692. The number of aryl methyl sites for hydroxylation is 1. The molecule has 12 heavy (non-hydrogen) atoms. The van der Waals surface area contributed by atoms with Crippen LogP contribution in [0.1, 0.15) is 18.2 Å². The Hall–Kier alpha value is -1.02. The fourth-order valence-electron chi connectivity index (χ4n) is 0.975. The van der Waals surface area contributed by atoms with Crippen molar-refractivity contribution in [2.45, 2.75) is 20.4 Å². The number of rotatable bonds is 4. The molecule has 0 saturated carbocycles. The van der Waals surface area contributed by atoms with Gasteiger partial charge < -0.3 is 9.73 Å². The molecule has 1 rings (SSSR count). The van der Waals surface area contributed by atoms with Crippen LogP contribution in [0.15, 0.2) is 28.9 Å². The van der Waals surface area contributed by atoms with Crippen molar-refractivity contribution in [1.29, 1.82) is 0 Å². The Kier molecular flexibility index (Phi) is 3.11. The van der Waals surface area contributed by atoms with E-state index in [0.29, 0.717) is 0 Å². The molecule has 0 bridgehead atoms. The Balaban J connectivity index is 2.33. The molecule has 0 aliphatic heterocycles. The average molecular weight is 165 g/mol. The smallest absolute Gasteiger partial charge is 0.120 e. The third kappa shape index (κ3) is 2.55. The van der Waals surface area contributed by atoms with Crippen LogP contribution >= 0.6 is 0 Å². The Labute approximate surface area is 73.3 Å². The topological polar surface area (TPSA) is 25.2 Å². The van der Waals surface area contributed by atoms with Crippen molar-refractivity contribution >= 4 is 0 Å². The Bertz CT molecular complexity index is 263. The fraction of sp³-hybridized carbons (Fsp3) is 0.400. The molecule has 0 amide bonds. The molecule has 0 fully saturated rings. The van der Waals surface area contributed by atoms with E-state index in [1.165, 1.54) is 5.56 Å². The second-order valence-corrected chi connectivity index (χ2v) is 3.09. The van der Waals surface area contributed by atoms with E-state index in [2.05, 4.69) is 11.9 Å². The zero-order valence-corrected chi connectivity index (χ0v) is 7.68. The number of hydrogen-bond donors (Lipinski definition) is 1. The van der Waals surface area contributed by atoms with Crippen molar-refractivity contribution in [2.24, 2.45) is 0 Å². The van der Waals surface area contributed by atoms with E-state index >= 15 is 0 Å². The lowest BCUT2D eigenvalue weighted by molar-refractivity contribution is 0.486. The molecule has 0 atom stereocenters.